The Morgan fingerprint density at radius 2 is 1.55 bits per heavy atom. The minimum Gasteiger partial charge on any atom is -0.507 e. The summed E-state index contributed by atoms with van der Waals surface area (Å²) in [5.41, 5.74) is 0.149. The molecule has 108 valence electrons. The molecule has 5 nitrogen and oxygen atoms in total. The maximum absolute atomic E-state index is 11.3. The Labute approximate surface area is 124 Å². The number of H-pyrrole nitrogens is 1. The number of hydrogen-bond donors (Lipinski definition) is 4. The molecule has 0 atom stereocenters. The van der Waals surface area contributed by atoms with Crippen LogP contribution in [0.5, 0.6) is 11.5 Å². The highest BCUT2D eigenvalue weighted by Gasteiger charge is 2.21. The summed E-state index contributed by atoms with van der Waals surface area (Å²) < 4.78 is 0. The van der Waals surface area contributed by atoms with Gasteiger partial charge in [-0.2, -0.15) is 0 Å². The van der Waals surface area contributed by atoms with E-state index in [0.29, 0.717) is 10.8 Å². The minimum atomic E-state index is -1.17. The van der Waals surface area contributed by atoms with Gasteiger partial charge in [0.2, 0.25) is 0 Å². The number of aromatic amines is 1. The number of phenols is 2. The van der Waals surface area contributed by atoms with Crippen LogP contribution in [-0.4, -0.2) is 26.3 Å². The molecular formula is C17H11NO4. The summed E-state index contributed by atoms with van der Waals surface area (Å²) in [7, 11) is 0. The third-order valence-electron chi connectivity index (χ3n) is 3.98. The van der Waals surface area contributed by atoms with Crippen molar-refractivity contribution in [2.75, 3.05) is 0 Å². The minimum absolute atomic E-state index is 0.0685. The number of fused-ring (bicyclic) bond motifs is 3. The zero-order chi connectivity index (χ0) is 15.4. The van der Waals surface area contributed by atoms with Crippen molar-refractivity contribution in [1.82, 2.24) is 4.98 Å². The Morgan fingerprint density at radius 1 is 0.955 bits per heavy atom. The van der Waals surface area contributed by atoms with Gasteiger partial charge < -0.3 is 20.3 Å². The molecule has 0 aliphatic rings. The van der Waals surface area contributed by atoms with Gasteiger partial charge in [0.1, 0.15) is 11.5 Å². The molecule has 0 fully saturated rings. The normalized spacial score (nSPS) is 11.5. The number of aromatic carboxylic acids is 1. The molecule has 0 bridgehead atoms. The molecule has 4 N–H and O–H groups in total. The Kier molecular flexibility index (Phi) is 2.36. The van der Waals surface area contributed by atoms with Crippen molar-refractivity contribution >= 4 is 38.4 Å². The molecular weight excluding hydrogens is 282 g/mol. The molecule has 4 aromatic rings. The van der Waals surface area contributed by atoms with Gasteiger partial charge in [-0.25, -0.2) is 4.79 Å². The van der Waals surface area contributed by atoms with Gasteiger partial charge >= 0.3 is 5.97 Å². The summed E-state index contributed by atoms with van der Waals surface area (Å²) >= 11 is 0. The predicted octanol–water partition coefficient (Wildman–Crippen LogP) is 3.58. The summed E-state index contributed by atoms with van der Waals surface area (Å²) in [5.74, 6) is -1.38. The number of nitrogens with one attached hydrogen (secondary N) is 1. The number of aromatic hydroxyl groups is 2. The zero-order valence-electron chi connectivity index (χ0n) is 11.3. The SMILES string of the molecule is O=C(O)c1c[nH]c2c(O)c3cc4ccccc4cc3c(O)c12. The summed E-state index contributed by atoms with van der Waals surface area (Å²) in [6, 6.07) is 11.1. The standard InChI is InChI=1S/C17H11NO4/c19-15-10-5-8-3-1-2-4-9(8)6-11(10)16(20)14-13(15)12(7-18-14)17(21)22/h1-7,18-20H,(H,21,22). The van der Waals surface area contributed by atoms with Crippen LogP contribution in [-0.2, 0) is 0 Å². The van der Waals surface area contributed by atoms with Crippen LogP contribution in [0.3, 0.4) is 0 Å². The zero-order valence-corrected chi connectivity index (χ0v) is 11.3. The van der Waals surface area contributed by atoms with Gasteiger partial charge in [-0.1, -0.05) is 24.3 Å². The second kappa shape index (κ2) is 4.14. The van der Waals surface area contributed by atoms with E-state index in [1.54, 1.807) is 12.1 Å². The largest absolute Gasteiger partial charge is 0.507 e. The van der Waals surface area contributed by atoms with Crippen molar-refractivity contribution in [3.8, 4) is 11.5 Å². The molecule has 0 spiro atoms. The molecule has 4 rings (SSSR count). The molecule has 22 heavy (non-hydrogen) atoms. The van der Waals surface area contributed by atoms with E-state index >= 15 is 0 Å². The number of benzene rings is 3. The van der Waals surface area contributed by atoms with Gasteiger partial charge in [0.15, 0.2) is 0 Å². The lowest BCUT2D eigenvalue weighted by molar-refractivity contribution is 0.0699. The van der Waals surface area contributed by atoms with Gasteiger partial charge in [0.25, 0.3) is 0 Å². The van der Waals surface area contributed by atoms with Gasteiger partial charge in [0.05, 0.1) is 16.5 Å². The van der Waals surface area contributed by atoms with E-state index in [4.69, 9.17) is 0 Å². The average Bonchev–Trinajstić information content (AvgIpc) is 2.97. The van der Waals surface area contributed by atoms with Crippen LogP contribution in [0.4, 0.5) is 0 Å². The van der Waals surface area contributed by atoms with Crippen LogP contribution in [0.25, 0.3) is 32.4 Å². The molecule has 0 aliphatic heterocycles. The van der Waals surface area contributed by atoms with E-state index in [1.807, 2.05) is 24.3 Å². The second-order valence-electron chi connectivity index (χ2n) is 5.20. The summed E-state index contributed by atoms with van der Waals surface area (Å²) in [6.45, 7) is 0. The van der Waals surface area contributed by atoms with Crippen LogP contribution in [0.1, 0.15) is 10.4 Å². The molecule has 0 saturated carbocycles. The first-order valence-corrected chi connectivity index (χ1v) is 6.68. The van der Waals surface area contributed by atoms with E-state index < -0.39 is 5.97 Å². The summed E-state index contributed by atoms with van der Waals surface area (Å²) in [6.07, 6.45) is 1.27. The molecule has 0 aliphatic carbocycles. The summed E-state index contributed by atoms with van der Waals surface area (Å²) in [5, 5.41) is 33.0. The molecule has 0 saturated heterocycles. The highest BCUT2D eigenvalue weighted by atomic mass is 16.4. The number of rotatable bonds is 1. The molecule has 3 aromatic carbocycles. The molecule has 5 heteroatoms. The Balaban J connectivity index is 2.27. The monoisotopic (exact) mass is 293 g/mol. The van der Waals surface area contributed by atoms with E-state index in [1.165, 1.54) is 6.20 Å². The quantitative estimate of drug-likeness (QED) is 0.319. The van der Waals surface area contributed by atoms with E-state index in [2.05, 4.69) is 4.98 Å². The number of carboxylic acids is 1. The van der Waals surface area contributed by atoms with Crippen LogP contribution in [0, 0.1) is 0 Å². The van der Waals surface area contributed by atoms with Gasteiger partial charge in [-0.15, -0.1) is 0 Å². The topological polar surface area (TPSA) is 93.5 Å². The second-order valence-corrected chi connectivity index (χ2v) is 5.20. The van der Waals surface area contributed by atoms with Gasteiger partial charge in [-0.05, 0) is 22.9 Å². The fourth-order valence-electron chi connectivity index (χ4n) is 2.93. The molecule has 0 radical (unpaired) electrons. The lowest BCUT2D eigenvalue weighted by Crippen LogP contribution is -1.94. The fourth-order valence-corrected chi connectivity index (χ4v) is 2.93. The molecule has 0 amide bonds. The first-order valence-electron chi connectivity index (χ1n) is 6.68. The first kappa shape index (κ1) is 12.5. The number of carboxylic acid groups (broad SMARTS) is 1. The third kappa shape index (κ3) is 1.50. The predicted molar refractivity (Wildman–Crippen MR) is 83.6 cm³/mol. The Bertz CT molecular complexity index is 1080. The number of phenolic OH excluding ortho intramolecular Hbond substituents is 2. The summed E-state index contributed by atoms with van der Waals surface area (Å²) in [4.78, 5) is 14.0. The van der Waals surface area contributed by atoms with Crippen molar-refractivity contribution in [2.45, 2.75) is 0 Å². The lowest BCUT2D eigenvalue weighted by Gasteiger charge is -2.09. The van der Waals surface area contributed by atoms with Gasteiger partial charge in [0, 0.05) is 17.0 Å². The smallest absolute Gasteiger partial charge is 0.338 e. The van der Waals surface area contributed by atoms with Crippen LogP contribution < -0.4 is 0 Å². The number of aromatic nitrogens is 1. The molecule has 1 heterocycles. The van der Waals surface area contributed by atoms with Crippen molar-refractivity contribution < 1.29 is 20.1 Å². The van der Waals surface area contributed by atoms with Crippen molar-refractivity contribution in [3.05, 3.63) is 48.2 Å². The van der Waals surface area contributed by atoms with Gasteiger partial charge in [-0.3, -0.25) is 0 Å². The Hall–Kier alpha value is -3.21. The van der Waals surface area contributed by atoms with Crippen molar-refractivity contribution in [3.63, 3.8) is 0 Å². The highest BCUT2D eigenvalue weighted by molar-refractivity contribution is 6.18. The highest BCUT2D eigenvalue weighted by Crippen LogP contribution is 2.43. The van der Waals surface area contributed by atoms with Crippen molar-refractivity contribution in [2.24, 2.45) is 0 Å². The first-order chi connectivity index (χ1) is 10.6. The Morgan fingerprint density at radius 3 is 2.14 bits per heavy atom. The van der Waals surface area contributed by atoms with Crippen LogP contribution in [0.2, 0.25) is 0 Å². The molecule has 1 aromatic heterocycles. The maximum atomic E-state index is 11.3. The van der Waals surface area contributed by atoms with E-state index in [9.17, 15) is 20.1 Å². The number of hydrogen-bond acceptors (Lipinski definition) is 3. The van der Waals surface area contributed by atoms with Crippen molar-refractivity contribution in [1.29, 1.82) is 0 Å². The van der Waals surface area contributed by atoms with Crippen LogP contribution >= 0.6 is 0 Å². The van der Waals surface area contributed by atoms with Crippen LogP contribution in [0.15, 0.2) is 42.6 Å². The third-order valence-corrected chi connectivity index (χ3v) is 3.98. The maximum Gasteiger partial charge on any atom is 0.338 e. The van der Waals surface area contributed by atoms with E-state index in [0.717, 1.165) is 10.8 Å². The lowest BCUT2D eigenvalue weighted by atomic mass is 9.99. The number of carbonyl (C=O) groups is 1. The molecule has 0 unspecified atom stereocenters. The average molecular weight is 293 g/mol. The fraction of sp³-hybridized carbons (Fsp3) is 0. The van der Waals surface area contributed by atoms with E-state index in [-0.39, 0.29) is 28.0 Å².